The van der Waals surface area contributed by atoms with Crippen LogP contribution in [0.15, 0.2) is 162 Å². The molecule has 43 heavy (non-hydrogen) atoms. The van der Waals surface area contributed by atoms with Crippen LogP contribution in [0.1, 0.15) is 8.22 Å². The molecule has 1 heteroatoms. The molecule has 0 aliphatic heterocycles. The van der Waals surface area contributed by atoms with Gasteiger partial charge in [0.25, 0.3) is 0 Å². The molecule has 0 saturated heterocycles. The van der Waals surface area contributed by atoms with E-state index in [2.05, 4.69) is 30.3 Å². The zero-order valence-corrected chi connectivity index (χ0v) is 23.0. The molecule has 0 aliphatic carbocycles. The lowest BCUT2D eigenvalue weighted by Crippen LogP contribution is -1.92. The van der Waals surface area contributed by atoms with Gasteiger partial charge >= 0.3 is 0 Å². The van der Waals surface area contributed by atoms with E-state index >= 15 is 0 Å². The summed E-state index contributed by atoms with van der Waals surface area (Å²) in [4.78, 5) is 0. The molecule has 9 rings (SSSR count). The summed E-state index contributed by atoms with van der Waals surface area (Å²) in [5, 5.41) is 5.91. The molecule has 0 saturated carbocycles. The van der Waals surface area contributed by atoms with Crippen molar-refractivity contribution < 1.29 is 12.6 Å². The Morgan fingerprint density at radius 1 is 0.419 bits per heavy atom. The fraction of sp³-hybridized carbons (Fsp3) is 0. The third kappa shape index (κ3) is 3.72. The maximum atomic E-state index is 9.77. The Hall–Kier alpha value is -5.66. The van der Waals surface area contributed by atoms with E-state index in [1.807, 2.05) is 91.0 Å². The second-order valence-electron chi connectivity index (χ2n) is 10.8. The van der Waals surface area contributed by atoms with Crippen LogP contribution in [-0.2, 0) is 0 Å². The number of hydrogen-bond donors (Lipinski definition) is 0. The van der Waals surface area contributed by atoms with Crippen LogP contribution in [0.4, 0.5) is 0 Å². The Morgan fingerprint density at radius 3 is 1.72 bits per heavy atom. The lowest BCUT2D eigenvalue weighted by molar-refractivity contribution is 0.669. The van der Waals surface area contributed by atoms with Crippen molar-refractivity contribution in [2.75, 3.05) is 0 Å². The third-order valence-electron chi connectivity index (χ3n) is 8.35. The predicted molar refractivity (Wildman–Crippen MR) is 183 cm³/mol. The number of hydrogen-bond acceptors (Lipinski definition) is 1. The van der Waals surface area contributed by atoms with E-state index in [0.717, 1.165) is 54.6 Å². The minimum absolute atomic E-state index is 0.0445. The second-order valence-corrected chi connectivity index (χ2v) is 10.8. The predicted octanol–water partition coefficient (Wildman–Crippen LogP) is 12.0. The summed E-state index contributed by atoms with van der Waals surface area (Å²) in [7, 11) is 0. The molecule has 8 aromatic carbocycles. The van der Waals surface area contributed by atoms with Gasteiger partial charge in [-0.3, -0.25) is 0 Å². The smallest absolute Gasteiger partial charge is 0.135 e. The first-order valence-electron chi connectivity index (χ1n) is 17.3. The lowest BCUT2D eigenvalue weighted by Gasteiger charge is -2.19. The van der Waals surface area contributed by atoms with E-state index in [9.17, 15) is 2.74 Å². The van der Waals surface area contributed by atoms with Gasteiger partial charge in [0.2, 0.25) is 0 Å². The van der Waals surface area contributed by atoms with Gasteiger partial charge in [-0.25, -0.2) is 0 Å². The van der Waals surface area contributed by atoms with Gasteiger partial charge < -0.3 is 4.42 Å². The Labute approximate surface area is 257 Å². The summed E-state index contributed by atoms with van der Waals surface area (Å²) < 4.78 is 60.4. The first kappa shape index (κ1) is 18.7. The van der Waals surface area contributed by atoms with E-state index < -0.39 is 6.04 Å². The molecule has 0 unspecified atom stereocenters. The quantitative estimate of drug-likeness (QED) is 0.199. The van der Waals surface area contributed by atoms with Gasteiger partial charge in [-0.1, -0.05) is 127 Å². The average Bonchev–Trinajstić information content (AvgIpc) is 3.51. The Balaban J connectivity index is 1.46. The third-order valence-corrected chi connectivity index (χ3v) is 8.35. The molecule has 0 N–H and O–H groups in total. The van der Waals surface area contributed by atoms with Crippen molar-refractivity contribution in [1.29, 1.82) is 0 Å². The maximum absolute atomic E-state index is 9.77. The van der Waals surface area contributed by atoms with E-state index in [4.69, 9.17) is 9.90 Å². The number of rotatable bonds is 3. The van der Waals surface area contributed by atoms with Crippen molar-refractivity contribution in [2.24, 2.45) is 0 Å². The zero-order valence-electron chi connectivity index (χ0n) is 29.0. The molecule has 0 spiro atoms. The molecule has 0 amide bonds. The minimum atomic E-state index is -0.402. The maximum Gasteiger partial charge on any atom is 0.135 e. The summed E-state index contributed by atoms with van der Waals surface area (Å²) in [6.07, 6.45) is 0. The highest BCUT2D eigenvalue weighted by Gasteiger charge is 2.19. The molecular weight excluding hydrogens is 520 g/mol. The molecule has 0 bridgehead atoms. The van der Waals surface area contributed by atoms with E-state index in [0.29, 0.717) is 22.3 Å². The zero-order chi connectivity index (χ0) is 33.6. The molecule has 1 aromatic heterocycles. The Kier molecular flexibility index (Phi) is 4.11. The highest BCUT2D eigenvalue weighted by Crippen LogP contribution is 2.46. The number of para-hydroxylation sites is 1. The van der Waals surface area contributed by atoms with E-state index in [-0.39, 0.29) is 41.0 Å². The molecular formula is C42H26O. The normalized spacial score (nSPS) is 13.7. The van der Waals surface area contributed by atoms with Gasteiger partial charge in [0, 0.05) is 10.8 Å². The fourth-order valence-corrected chi connectivity index (χ4v) is 6.47. The van der Waals surface area contributed by atoms with Gasteiger partial charge in [-0.15, -0.1) is 0 Å². The van der Waals surface area contributed by atoms with Crippen LogP contribution >= 0.6 is 0 Å². The summed E-state index contributed by atoms with van der Waals surface area (Å²) in [5.74, 6) is 0. The molecule has 9 aromatic rings. The van der Waals surface area contributed by atoms with Crippen LogP contribution in [0.25, 0.3) is 87.6 Å². The van der Waals surface area contributed by atoms with Crippen molar-refractivity contribution in [1.82, 2.24) is 0 Å². The summed E-state index contributed by atoms with van der Waals surface area (Å²) in [6.45, 7) is 0. The Bertz CT molecular complexity index is 2780. The van der Waals surface area contributed by atoms with E-state index in [1.165, 1.54) is 0 Å². The second kappa shape index (κ2) is 9.44. The van der Waals surface area contributed by atoms with Crippen molar-refractivity contribution in [3.8, 4) is 33.4 Å². The van der Waals surface area contributed by atoms with Gasteiger partial charge in [-0.2, -0.15) is 0 Å². The number of furan rings is 1. The number of fused-ring (bicyclic) bond motifs is 6. The van der Waals surface area contributed by atoms with Crippen LogP contribution in [0.2, 0.25) is 0 Å². The largest absolute Gasteiger partial charge is 0.456 e. The van der Waals surface area contributed by atoms with Gasteiger partial charge in [0.1, 0.15) is 11.2 Å². The molecule has 200 valence electrons. The van der Waals surface area contributed by atoms with Gasteiger partial charge in [-0.05, 0) is 96.0 Å². The minimum Gasteiger partial charge on any atom is -0.456 e. The van der Waals surface area contributed by atoms with Crippen molar-refractivity contribution in [2.45, 2.75) is 0 Å². The van der Waals surface area contributed by atoms with Gasteiger partial charge in [0.05, 0.1) is 8.22 Å². The summed E-state index contributed by atoms with van der Waals surface area (Å²) in [6, 6.07) is 38.2. The highest BCUT2D eigenvalue weighted by molar-refractivity contribution is 6.23. The fourth-order valence-electron chi connectivity index (χ4n) is 6.47. The molecule has 0 atom stereocenters. The van der Waals surface area contributed by atoms with Crippen molar-refractivity contribution >= 4 is 54.3 Å². The SMILES string of the molecule is [2H]c1c([2H])c([2H])c2c(-c3ccccc3)c([2H])c(-c3c4ccccc4c(-c4ccc5oc6ccccc6c5c4)c4ccccc34)c([2H])c2c1[2H]. The van der Waals surface area contributed by atoms with Crippen molar-refractivity contribution in [3.63, 3.8) is 0 Å². The molecule has 1 nitrogen and oxygen atoms in total. The molecule has 0 fully saturated rings. The molecule has 0 aliphatic rings. The first-order chi connectivity index (χ1) is 23.8. The molecule has 1 heterocycles. The topological polar surface area (TPSA) is 13.1 Å². The highest BCUT2D eigenvalue weighted by atomic mass is 16.3. The average molecular weight is 553 g/mol. The standard InChI is InChI=1S/C42H26O/c1-2-12-27(13-3-1)37-26-30(24-28-14-4-5-15-31(28)37)42-35-19-8-6-17-33(35)41(34-18-7-9-20-36(34)42)29-22-23-40-38(25-29)32-16-10-11-21-39(32)43-40/h1-26H/i4D,5D,14D,15D,24D,26D. The lowest BCUT2D eigenvalue weighted by atomic mass is 9.84. The van der Waals surface area contributed by atoms with Crippen LogP contribution in [-0.4, -0.2) is 0 Å². The van der Waals surface area contributed by atoms with Crippen LogP contribution in [0.3, 0.4) is 0 Å². The van der Waals surface area contributed by atoms with Crippen LogP contribution in [0, 0.1) is 0 Å². The molecule has 0 radical (unpaired) electrons. The summed E-state index contributed by atoms with van der Waals surface area (Å²) >= 11 is 0. The van der Waals surface area contributed by atoms with Crippen LogP contribution in [0.5, 0.6) is 0 Å². The monoisotopic (exact) mass is 552 g/mol. The first-order valence-corrected chi connectivity index (χ1v) is 14.3. The van der Waals surface area contributed by atoms with Crippen LogP contribution < -0.4 is 0 Å². The Morgan fingerprint density at radius 2 is 1.00 bits per heavy atom. The van der Waals surface area contributed by atoms with Gasteiger partial charge in [0.15, 0.2) is 0 Å². The number of benzene rings is 8. The van der Waals surface area contributed by atoms with E-state index in [1.54, 1.807) is 0 Å². The summed E-state index contributed by atoms with van der Waals surface area (Å²) in [5.41, 5.74) is 5.70. The van der Waals surface area contributed by atoms with Crippen molar-refractivity contribution in [3.05, 3.63) is 158 Å².